The van der Waals surface area contributed by atoms with Gasteiger partial charge in [0.1, 0.15) is 4.90 Å². The van der Waals surface area contributed by atoms with Crippen LogP contribution in [-0.2, 0) is 10.0 Å². The summed E-state index contributed by atoms with van der Waals surface area (Å²) in [4.78, 5) is 0.138. The SMILES string of the molecule is NCC1CCCN1S(=O)(=O)c1cccc(Br)c1Cl. The van der Waals surface area contributed by atoms with Crippen molar-refractivity contribution in [3.63, 3.8) is 0 Å². The van der Waals surface area contributed by atoms with E-state index in [4.69, 9.17) is 17.3 Å². The molecule has 1 unspecified atom stereocenters. The van der Waals surface area contributed by atoms with Gasteiger partial charge >= 0.3 is 0 Å². The molecule has 100 valence electrons. The Kier molecular flexibility index (Phi) is 4.33. The van der Waals surface area contributed by atoms with Gasteiger partial charge < -0.3 is 5.73 Å². The maximum Gasteiger partial charge on any atom is 0.244 e. The molecule has 1 heterocycles. The molecule has 2 rings (SSSR count). The Labute approximate surface area is 120 Å². The van der Waals surface area contributed by atoms with E-state index in [-0.39, 0.29) is 16.0 Å². The first-order chi connectivity index (χ1) is 8.48. The first kappa shape index (κ1) is 14.3. The lowest BCUT2D eigenvalue weighted by atomic mass is 10.2. The molecule has 1 atom stereocenters. The summed E-state index contributed by atoms with van der Waals surface area (Å²) in [5.41, 5.74) is 5.62. The molecule has 18 heavy (non-hydrogen) atoms. The third kappa shape index (κ3) is 2.44. The van der Waals surface area contributed by atoms with Gasteiger partial charge in [-0.2, -0.15) is 4.31 Å². The van der Waals surface area contributed by atoms with Crippen molar-refractivity contribution >= 4 is 37.6 Å². The summed E-state index contributed by atoms with van der Waals surface area (Å²) in [5, 5.41) is 0.222. The lowest BCUT2D eigenvalue weighted by Crippen LogP contribution is -2.39. The van der Waals surface area contributed by atoms with E-state index in [1.54, 1.807) is 12.1 Å². The molecule has 1 saturated heterocycles. The molecule has 0 aromatic heterocycles. The summed E-state index contributed by atoms with van der Waals surface area (Å²) in [5.74, 6) is 0. The quantitative estimate of drug-likeness (QED) is 0.906. The normalized spacial score (nSPS) is 21.4. The molecule has 4 nitrogen and oxygen atoms in total. The molecule has 0 spiro atoms. The zero-order chi connectivity index (χ0) is 13.3. The van der Waals surface area contributed by atoms with Gasteiger partial charge in [0.2, 0.25) is 10.0 Å². The van der Waals surface area contributed by atoms with Crippen molar-refractivity contribution in [2.75, 3.05) is 13.1 Å². The van der Waals surface area contributed by atoms with Crippen LogP contribution in [0.2, 0.25) is 5.02 Å². The van der Waals surface area contributed by atoms with E-state index in [9.17, 15) is 8.42 Å². The van der Waals surface area contributed by atoms with Crippen LogP contribution in [0.4, 0.5) is 0 Å². The van der Waals surface area contributed by atoms with E-state index < -0.39 is 10.0 Å². The minimum absolute atomic E-state index is 0.120. The van der Waals surface area contributed by atoms with Crippen LogP contribution >= 0.6 is 27.5 Å². The number of hydrogen-bond donors (Lipinski definition) is 1. The molecule has 2 N–H and O–H groups in total. The zero-order valence-corrected chi connectivity index (χ0v) is 12.8. The van der Waals surface area contributed by atoms with Gasteiger partial charge in [0.15, 0.2) is 0 Å². The van der Waals surface area contributed by atoms with Crippen LogP contribution in [0.25, 0.3) is 0 Å². The van der Waals surface area contributed by atoms with E-state index in [2.05, 4.69) is 15.9 Å². The van der Waals surface area contributed by atoms with Crippen molar-refractivity contribution in [2.45, 2.75) is 23.8 Å². The largest absolute Gasteiger partial charge is 0.329 e. The Bertz CT molecular complexity index is 550. The highest BCUT2D eigenvalue weighted by atomic mass is 79.9. The maximum atomic E-state index is 12.5. The fourth-order valence-electron chi connectivity index (χ4n) is 2.17. The molecule has 1 aromatic rings. The fourth-order valence-corrected chi connectivity index (χ4v) is 4.88. The average Bonchev–Trinajstić information content (AvgIpc) is 2.81. The van der Waals surface area contributed by atoms with Gasteiger partial charge in [-0.1, -0.05) is 17.7 Å². The summed E-state index contributed by atoms with van der Waals surface area (Å²) in [7, 11) is -3.56. The van der Waals surface area contributed by atoms with Crippen LogP contribution < -0.4 is 5.73 Å². The fraction of sp³-hybridized carbons (Fsp3) is 0.455. The second kappa shape index (κ2) is 5.46. The minimum atomic E-state index is -3.56. The number of benzene rings is 1. The Balaban J connectivity index is 2.45. The molecular formula is C11H14BrClN2O2S. The number of nitrogens with two attached hydrogens (primary N) is 1. The van der Waals surface area contributed by atoms with Crippen LogP contribution in [-0.4, -0.2) is 31.9 Å². The Hall–Kier alpha value is -0.140. The lowest BCUT2D eigenvalue weighted by molar-refractivity contribution is 0.393. The van der Waals surface area contributed by atoms with Crippen molar-refractivity contribution in [3.8, 4) is 0 Å². The van der Waals surface area contributed by atoms with Gasteiger partial charge in [-0.05, 0) is 40.9 Å². The number of rotatable bonds is 3. The van der Waals surface area contributed by atoms with E-state index in [1.807, 2.05) is 0 Å². The van der Waals surface area contributed by atoms with Crippen LogP contribution in [0.1, 0.15) is 12.8 Å². The number of sulfonamides is 1. The lowest BCUT2D eigenvalue weighted by Gasteiger charge is -2.23. The van der Waals surface area contributed by atoms with E-state index >= 15 is 0 Å². The number of halogens is 2. The highest BCUT2D eigenvalue weighted by molar-refractivity contribution is 9.10. The van der Waals surface area contributed by atoms with Crippen LogP contribution in [0, 0.1) is 0 Å². The van der Waals surface area contributed by atoms with Crippen LogP contribution in [0.5, 0.6) is 0 Å². The monoisotopic (exact) mass is 352 g/mol. The van der Waals surface area contributed by atoms with E-state index in [1.165, 1.54) is 10.4 Å². The summed E-state index contributed by atoms with van der Waals surface area (Å²) in [6.45, 7) is 0.845. The van der Waals surface area contributed by atoms with Crippen molar-refractivity contribution in [1.29, 1.82) is 0 Å². The minimum Gasteiger partial charge on any atom is -0.329 e. The Morgan fingerprint density at radius 2 is 2.22 bits per heavy atom. The maximum absolute atomic E-state index is 12.5. The van der Waals surface area contributed by atoms with Crippen molar-refractivity contribution in [3.05, 3.63) is 27.7 Å². The van der Waals surface area contributed by atoms with Crippen LogP contribution in [0.15, 0.2) is 27.6 Å². The molecule has 1 aromatic carbocycles. The molecule has 0 amide bonds. The molecule has 0 bridgehead atoms. The van der Waals surface area contributed by atoms with Gasteiger partial charge in [0.05, 0.1) is 5.02 Å². The van der Waals surface area contributed by atoms with Gasteiger partial charge in [0.25, 0.3) is 0 Å². The predicted molar refractivity (Wildman–Crippen MR) is 75.1 cm³/mol. The second-order valence-corrected chi connectivity index (χ2v) is 7.29. The standard InChI is InChI=1S/C11H14BrClN2O2S/c12-9-4-1-5-10(11(9)13)18(16,17)15-6-2-3-8(15)7-14/h1,4-5,8H,2-3,6-7,14H2. The highest BCUT2D eigenvalue weighted by Crippen LogP contribution is 2.33. The van der Waals surface area contributed by atoms with E-state index in [0.717, 1.165) is 12.8 Å². The number of nitrogens with zero attached hydrogens (tertiary/aromatic N) is 1. The van der Waals surface area contributed by atoms with E-state index in [0.29, 0.717) is 17.6 Å². The van der Waals surface area contributed by atoms with Gasteiger partial charge in [-0.3, -0.25) is 0 Å². The Morgan fingerprint density at radius 3 is 2.89 bits per heavy atom. The van der Waals surface area contributed by atoms with Gasteiger partial charge in [-0.25, -0.2) is 8.42 Å². The van der Waals surface area contributed by atoms with Crippen molar-refractivity contribution < 1.29 is 8.42 Å². The summed E-state index contributed by atoms with van der Waals surface area (Å²) in [6, 6.07) is 4.78. The highest BCUT2D eigenvalue weighted by Gasteiger charge is 2.35. The zero-order valence-electron chi connectivity index (χ0n) is 9.64. The average molecular weight is 354 g/mol. The predicted octanol–water partition coefficient (Wildman–Crippen LogP) is 2.21. The first-order valence-corrected chi connectivity index (χ1v) is 8.25. The summed E-state index contributed by atoms with van der Waals surface area (Å²) in [6.07, 6.45) is 1.65. The first-order valence-electron chi connectivity index (χ1n) is 5.64. The molecule has 1 aliphatic heterocycles. The second-order valence-electron chi connectivity index (χ2n) is 4.20. The Morgan fingerprint density at radius 1 is 1.50 bits per heavy atom. The van der Waals surface area contributed by atoms with Gasteiger partial charge in [0, 0.05) is 23.6 Å². The molecule has 1 aliphatic rings. The molecule has 0 saturated carbocycles. The molecular weight excluding hydrogens is 340 g/mol. The summed E-state index contributed by atoms with van der Waals surface area (Å²) >= 11 is 9.30. The molecule has 1 fully saturated rings. The van der Waals surface area contributed by atoms with Gasteiger partial charge in [-0.15, -0.1) is 0 Å². The number of hydrogen-bond acceptors (Lipinski definition) is 3. The molecule has 0 radical (unpaired) electrons. The topological polar surface area (TPSA) is 63.4 Å². The smallest absolute Gasteiger partial charge is 0.244 e. The van der Waals surface area contributed by atoms with Crippen LogP contribution in [0.3, 0.4) is 0 Å². The summed E-state index contributed by atoms with van der Waals surface area (Å²) < 4.78 is 27.1. The van der Waals surface area contributed by atoms with Crippen molar-refractivity contribution in [2.24, 2.45) is 5.73 Å². The van der Waals surface area contributed by atoms with Crippen molar-refractivity contribution in [1.82, 2.24) is 4.31 Å². The third-order valence-electron chi connectivity index (χ3n) is 3.10. The third-order valence-corrected chi connectivity index (χ3v) is 6.50. The molecule has 0 aliphatic carbocycles. The molecule has 7 heteroatoms.